The van der Waals surface area contributed by atoms with Crippen molar-refractivity contribution in [3.8, 4) is 0 Å². The highest BCUT2D eigenvalue weighted by molar-refractivity contribution is 6.15. The van der Waals surface area contributed by atoms with Crippen molar-refractivity contribution in [1.82, 2.24) is 15.2 Å². The molecule has 4 rings (SSSR count). The lowest BCUT2D eigenvalue weighted by Crippen LogP contribution is -2.42. The van der Waals surface area contributed by atoms with Crippen molar-refractivity contribution in [3.05, 3.63) is 72.2 Å². The molecule has 8 heteroatoms. The molecule has 1 atom stereocenters. The van der Waals surface area contributed by atoms with Gasteiger partial charge in [0.1, 0.15) is 18.4 Å². The first-order chi connectivity index (χ1) is 15.0. The minimum Gasteiger partial charge on any atom is -0.354 e. The fourth-order valence-corrected chi connectivity index (χ4v) is 3.71. The van der Waals surface area contributed by atoms with Crippen LogP contribution in [0, 0.1) is 5.82 Å². The summed E-state index contributed by atoms with van der Waals surface area (Å²) in [5.74, 6) is -1.34. The highest BCUT2D eigenvalue weighted by atomic mass is 19.1. The number of rotatable bonds is 6. The van der Waals surface area contributed by atoms with Gasteiger partial charge in [0.2, 0.25) is 5.91 Å². The molecule has 1 saturated heterocycles. The van der Waals surface area contributed by atoms with E-state index in [0.29, 0.717) is 18.7 Å². The Hall–Kier alpha value is -3.81. The highest BCUT2D eigenvalue weighted by Crippen LogP contribution is 2.25. The fraction of sp³-hybridized carbons (Fsp3) is 0.217. The third-order valence-electron chi connectivity index (χ3n) is 5.29. The number of pyridine rings is 1. The molecule has 1 N–H and O–H groups in total. The van der Waals surface area contributed by atoms with E-state index < -0.39 is 29.7 Å². The number of fused-ring (bicyclic) bond motifs is 1. The van der Waals surface area contributed by atoms with Crippen molar-refractivity contribution in [2.75, 3.05) is 18.0 Å². The van der Waals surface area contributed by atoms with E-state index in [1.807, 2.05) is 30.3 Å². The third kappa shape index (κ3) is 4.09. The topological polar surface area (TPSA) is 82.6 Å². The molecule has 0 saturated carbocycles. The number of urea groups is 1. The fourth-order valence-electron chi connectivity index (χ4n) is 3.71. The first-order valence-corrected chi connectivity index (χ1v) is 9.95. The summed E-state index contributed by atoms with van der Waals surface area (Å²) in [7, 11) is 0. The van der Waals surface area contributed by atoms with Crippen molar-refractivity contribution < 1.29 is 18.8 Å². The predicted octanol–water partition coefficient (Wildman–Crippen LogP) is 2.89. The van der Waals surface area contributed by atoms with Crippen LogP contribution in [-0.4, -0.2) is 46.9 Å². The number of hydrogen-bond acceptors (Lipinski definition) is 4. The number of nitrogens with one attached hydrogen (secondary N) is 1. The van der Waals surface area contributed by atoms with Gasteiger partial charge in [-0.05, 0) is 49.2 Å². The number of hydrogen-bond donors (Lipinski definition) is 1. The molecule has 4 amide bonds. The van der Waals surface area contributed by atoms with Gasteiger partial charge in [-0.2, -0.15) is 0 Å². The highest BCUT2D eigenvalue weighted by Gasteiger charge is 2.43. The van der Waals surface area contributed by atoms with Crippen LogP contribution < -0.4 is 10.2 Å². The lowest BCUT2D eigenvalue weighted by atomic mass is 10.1. The summed E-state index contributed by atoms with van der Waals surface area (Å²) in [5.41, 5.74) is 2.29. The number of amides is 4. The minimum atomic E-state index is -0.771. The molecule has 31 heavy (non-hydrogen) atoms. The Morgan fingerprint density at radius 3 is 2.61 bits per heavy atom. The minimum absolute atomic E-state index is 0.349. The van der Waals surface area contributed by atoms with Gasteiger partial charge in [-0.25, -0.2) is 9.18 Å². The summed E-state index contributed by atoms with van der Waals surface area (Å²) in [4.78, 5) is 44.3. The molecule has 1 aliphatic rings. The molecule has 0 aliphatic carbocycles. The van der Waals surface area contributed by atoms with Crippen molar-refractivity contribution in [1.29, 1.82) is 0 Å². The zero-order chi connectivity index (χ0) is 22.0. The van der Waals surface area contributed by atoms with Crippen molar-refractivity contribution in [2.45, 2.75) is 19.4 Å². The average Bonchev–Trinajstić information content (AvgIpc) is 2.98. The number of anilines is 1. The van der Waals surface area contributed by atoms with Gasteiger partial charge in [-0.3, -0.25) is 24.4 Å². The zero-order valence-corrected chi connectivity index (χ0v) is 16.9. The maximum absolute atomic E-state index is 13.2. The summed E-state index contributed by atoms with van der Waals surface area (Å²) >= 11 is 0. The maximum Gasteiger partial charge on any atom is 0.332 e. The van der Waals surface area contributed by atoms with Gasteiger partial charge >= 0.3 is 6.03 Å². The average molecular weight is 420 g/mol. The molecule has 1 aliphatic heterocycles. The second-order valence-corrected chi connectivity index (χ2v) is 7.32. The molecule has 2 aromatic carbocycles. The van der Waals surface area contributed by atoms with Crippen molar-refractivity contribution in [2.24, 2.45) is 0 Å². The van der Waals surface area contributed by atoms with E-state index >= 15 is 0 Å². The second kappa shape index (κ2) is 8.51. The Morgan fingerprint density at radius 2 is 1.84 bits per heavy atom. The van der Waals surface area contributed by atoms with Crippen LogP contribution in [0.25, 0.3) is 10.9 Å². The molecule has 3 aromatic rings. The van der Waals surface area contributed by atoms with Gasteiger partial charge in [0, 0.05) is 23.8 Å². The van der Waals surface area contributed by atoms with E-state index in [9.17, 15) is 18.8 Å². The summed E-state index contributed by atoms with van der Waals surface area (Å²) in [5, 5.41) is 3.78. The van der Waals surface area contributed by atoms with Crippen LogP contribution in [0.1, 0.15) is 12.5 Å². The Kier molecular flexibility index (Phi) is 5.62. The lowest BCUT2D eigenvalue weighted by molar-refractivity contribution is -0.131. The Balaban J connectivity index is 1.37. The Morgan fingerprint density at radius 1 is 1.10 bits per heavy atom. The molecule has 0 radical (unpaired) electrons. The number of nitrogens with zero attached hydrogens (tertiary/aromatic N) is 3. The van der Waals surface area contributed by atoms with Crippen LogP contribution in [0.4, 0.5) is 14.9 Å². The number of aromatic nitrogens is 1. The number of benzene rings is 2. The van der Waals surface area contributed by atoms with Crippen LogP contribution in [0.5, 0.6) is 0 Å². The van der Waals surface area contributed by atoms with Gasteiger partial charge in [-0.1, -0.05) is 24.3 Å². The summed E-state index contributed by atoms with van der Waals surface area (Å²) in [6.07, 6.45) is 2.29. The van der Waals surface area contributed by atoms with Gasteiger partial charge < -0.3 is 5.32 Å². The normalized spacial score (nSPS) is 16.3. The number of halogens is 1. The summed E-state index contributed by atoms with van der Waals surface area (Å²) in [6.45, 7) is 1.56. The van der Waals surface area contributed by atoms with E-state index in [-0.39, 0.29) is 6.54 Å². The van der Waals surface area contributed by atoms with Crippen LogP contribution in [0.3, 0.4) is 0 Å². The number of para-hydroxylation sites is 1. The van der Waals surface area contributed by atoms with Gasteiger partial charge in [0.15, 0.2) is 0 Å². The largest absolute Gasteiger partial charge is 0.354 e. The molecule has 2 heterocycles. The van der Waals surface area contributed by atoms with E-state index in [1.54, 1.807) is 13.1 Å². The number of carbonyl (C=O) groups excluding carboxylic acids is 3. The molecule has 0 bridgehead atoms. The molecule has 1 aromatic heterocycles. The lowest BCUT2D eigenvalue weighted by Gasteiger charge is -2.19. The summed E-state index contributed by atoms with van der Waals surface area (Å²) in [6, 6.07) is 13.6. The van der Waals surface area contributed by atoms with Gasteiger partial charge in [0.25, 0.3) is 5.91 Å². The smallest absolute Gasteiger partial charge is 0.332 e. The molecular weight excluding hydrogens is 399 g/mol. The number of imide groups is 1. The molecule has 7 nitrogen and oxygen atoms in total. The Bertz CT molecular complexity index is 1140. The van der Waals surface area contributed by atoms with Gasteiger partial charge in [0.05, 0.1) is 5.52 Å². The van der Waals surface area contributed by atoms with Crippen LogP contribution >= 0.6 is 0 Å². The molecule has 0 spiro atoms. The van der Waals surface area contributed by atoms with Crippen LogP contribution in [0.15, 0.2) is 60.8 Å². The van der Waals surface area contributed by atoms with Crippen LogP contribution in [0.2, 0.25) is 0 Å². The van der Waals surface area contributed by atoms with E-state index in [4.69, 9.17) is 0 Å². The third-order valence-corrected chi connectivity index (χ3v) is 5.29. The zero-order valence-electron chi connectivity index (χ0n) is 16.9. The molecule has 1 fully saturated rings. The molecule has 1 unspecified atom stereocenters. The second-order valence-electron chi connectivity index (χ2n) is 7.32. The van der Waals surface area contributed by atoms with E-state index in [0.717, 1.165) is 21.4 Å². The summed E-state index contributed by atoms with van der Waals surface area (Å²) < 4.78 is 13.2. The number of carbonyl (C=O) groups is 3. The van der Waals surface area contributed by atoms with Crippen LogP contribution in [-0.2, 0) is 16.0 Å². The molecular formula is C23H21FN4O3. The SMILES string of the molecule is CC1C(=O)N(CC(=O)NCCc2cccc3cccnc23)C(=O)N1c1ccc(F)cc1. The van der Waals surface area contributed by atoms with E-state index in [2.05, 4.69) is 10.3 Å². The standard InChI is InChI=1S/C23H21FN4O3/c1-15-22(30)27(23(31)28(15)19-9-7-18(24)8-10-19)14-20(29)25-13-11-17-5-2-4-16-6-3-12-26-21(16)17/h2-10,12,15H,11,13-14H2,1H3,(H,25,29). The quantitative estimate of drug-likeness (QED) is 0.622. The monoisotopic (exact) mass is 420 g/mol. The van der Waals surface area contributed by atoms with E-state index in [1.165, 1.54) is 29.2 Å². The van der Waals surface area contributed by atoms with Crippen molar-refractivity contribution >= 4 is 34.4 Å². The van der Waals surface area contributed by atoms with Gasteiger partial charge in [-0.15, -0.1) is 0 Å². The first kappa shape index (κ1) is 20.5. The first-order valence-electron chi connectivity index (χ1n) is 9.95. The molecule has 158 valence electrons. The Labute approximate surface area is 178 Å². The maximum atomic E-state index is 13.2. The predicted molar refractivity (Wildman–Crippen MR) is 114 cm³/mol. The van der Waals surface area contributed by atoms with Crippen molar-refractivity contribution in [3.63, 3.8) is 0 Å².